The van der Waals surface area contributed by atoms with E-state index in [-0.39, 0.29) is 0 Å². The van der Waals surface area contributed by atoms with Crippen LogP contribution in [0.25, 0.3) is 0 Å². The van der Waals surface area contributed by atoms with Crippen LogP contribution in [0.4, 0.5) is 10.5 Å². The van der Waals surface area contributed by atoms with Crippen LogP contribution in [0.5, 0.6) is 11.5 Å². The Morgan fingerprint density at radius 2 is 1.89 bits per heavy atom. The van der Waals surface area contributed by atoms with Gasteiger partial charge in [0.15, 0.2) is 5.54 Å². The SMILES string of the molecule is COc1cc(NC(=O)CN2C(=O)N[C@](C)(c3ccco3)C2=O)cc(OC)c1. The maximum atomic E-state index is 12.7. The summed E-state index contributed by atoms with van der Waals surface area (Å²) in [4.78, 5) is 38.1. The molecule has 0 unspecified atom stereocenters. The number of hydrogen-bond acceptors (Lipinski definition) is 6. The van der Waals surface area contributed by atoms with Crippen LogP contribution in [0.2, 0.25) is 0 Å². The molecule has 2 N–H and O–H groups in total. The number of benzene rings is 1. The van der Waals surface area contributed by atoms with Gasteiger partial charge < -0.3 is 24.5 Å². The minimum Gasteiger partial charge on any atom is -0.497 e. The maximum absolute atomic E-state index is 12.7. The number of carbonyl (C=O) groups is 3. The first-order chi connectivity index (χ1) is 12.9. The summed E-state index contributed by atoms with van der Waals surface area (Å²) in [5.41, 5.74) is -0.933. The third-order valence-electron chi connectivity index (χ3n) is 4.23. The fourth-order valence-electron chi connectivity index (χ4n) is 2.79. The molecule has 1 saturated heterocycles. The fraction of sp³-hybridized carbons (Fsp3) is 0.278. The largest absolute Gasteiger partial charge is 0.497 e. The summed E-state index contributed by atoms with van der Waals surface area (Å²) in [5.74, 6) is 0.162. The number of hydrogen-bond donors (Lipinski definition) is 2. The first-order valence-corrected chi connectivity index (χ1v) is 8.08. The van der Waals surface area contributed by atoms with Crippen LogP contribution in [0, 0.1) is 0 Å². The minimum atomic E-state index is -1.35. The summed E-state index contributed by atoms with van der Waals surface area (Å²) >= 11 is 0. The van der Waals surface area contributed by atoms with Gasteiger partial charge in [-0.1, -0.05) is 0 Å². The van der Waals surface area contributed by atoms with Gasteiger partial charge in [0, 0.05) is 23.9 Å². The number of urea groups is 1. The maximum Gasteiger partial charge on any atom is 0.325 e. The Balaban J connectivity index is 1.73. The van der Waals surface area contributed by atoms with Crippen molar-refractivity contribution in [2.75, 3.05) is 26.1 Å². The lowest BCUT2D eigenvalue weighted by Crippen LogP contribution is -2.41. The van der Waals surface area contributed by atoms with Crippen LogP contribution in [0.15, 0.2) is 41.0 Å². The lowest BCUT2D eigenvalue weighted by molar-refractivity contribution is -0.134. The van der Waals surface area contributed by atoms with E-state index in [9.17, 15) is 14.4 Å². The molecule has 27 heavy (non-hydrogen) atoms. The van der Waals surface area contributed by atoms with Gasteiger partial charge in [-0.2, -0.15) is 0 Å². The molecule has 0 bridgehead atoms. The van der Waals surface area contributed by atoms with Gasteiger partial charge in [0.05, 0.1) is 20.5 Å². The van der Waals surface area contributed by atoms with Crippen molar-refractivity contribution >= 4 is 23.5 Å². The van der Waals surface area contributed by atoms with Crippen LogP contribution >= 0.6 is 0 Å². The molecule has 0 spiro atoms. The van der Waals surface area contributed by atoms with Crippen LogP contribution in [-0.2, 0) is 15.1 Å². The molecule has 1 aromatic carbocycles. The van der Waals surface area contributed by atoms with Crippen molar-refractivity contribution in [3.05, 3.63) is 42.4 Å². The number of nitrogens with zero attached hydrogens (tertiary/aromatic N) is 1. The topological polar surface area (TPSA) is 110 Å². The fourth-order valence-corrected chi connectivity index (χ4v) is 2.79. The zero-order valence-corrected chi connectivity index (χ0v) is 15.1. The molecule has 142 valence electrons. The molecule has 0 radical (unpaired) electrons. The molecule has 1 fully saturated rings. The van der Waals surface area contributed by atoms with Crippen molar-refractivity contribution in [3.63, 3.8) is 0 Å². The third kappa shape index (κ3) is 3.43. The smallest absolute Gasteiger partial charge is 0.325 e. The highest BCUT2D eigenvalue weighted by molar-refractivity contribution is 6.10. The van der Waals surface area contributed by atoms with Crippen LogP contribution in [-0.4, -0.2) is 43.5 Å². The van der Waals surface area contributed by atoms with Gasteiger partial charge in [-0.3, -0.25) is 14.5 Å². The molecule has 1 atom stereocenters. The van der Waals surface area contributed by atoms with Gasteiger partial charge in [-0.15, -0.1) is 0 Å². The Kier molecular flexibility index (Phi) is 4.76. The molecule has 2 heterocycles. The number of carbonyl (C=O) groups excluding carboxylic acids is 3. The Morgan fingerprint density at radius 1 is 1.22 bits per heavy atom. The van der Waals surface area contributed by atoms with Gasteiger partial charge in [0.1, 0.15) is 23.8 Å². The number of nitrogens with one attached hydrogen (secondary N) is 2. The summed E-state index contributed by atoms with van der Waals surface area (Å²) in [5, 5.41) is 5.19. The Morgan fingerprint density at radius 3 is 2.44 bits per heavy atom. The first kappa shape index (κ1) is 18.3. The van der Waals surface area contributed by atoms with Crippen LogP contribution in [0.3, 0.4) is 0 Å². The van der Waals surface area contributed by atoms with E-state index in [0.29, 0.717) is 22.9 Å². The number of amides is 4. The van der Waals surface area contributed by atoms with E-state index in [1.807, 2.05) is 0 Å². The second-order valence-corrected chi connectivity index (χ2v) is 6.07. The molecule has 3 rings (SSSR count). The molecular formula is C18H19N3O6. The number of imide groups is 1. The monoisotopic (exact) mass is 373 g/mol. The number of ether oxygens (including phenoxy) is 2. The Labute approximate surface area is 155 Å². The summed E-state index contributed by atoms with van der Waals surface area (Å²) < 4.78 is 15.5. The van der Waals surface area contributed by atoms with Crippen LogP contribution in [0.1, 0.15) is 12.7 Å². The van der Waals surface area contributed by atoms with Gasteiger partial charge in [0.2, 0.25) is 5.91 Å². The number of rotatable bonds is 6. The molecule has 0 saturated carbocycles. The third-order valence-corrected chi connectivity index (χ3v) is 4.23. The molecule has 9 nitrogen and oxygen atoms in total. The van der Waals surface area contributed by atoms with E-state index in [1.165, 1.54) is 27.4 Å². The summed E-state index contributed by atoms with van der Waals surface area (Å²) in [6, 6.07) is 7.38. The van der Waals surface area contributed by atoms with Gasteiger partial charge >= 0.3 is 6.03 Å². The standard InChI is InChI=1S/C18H19N3O6/c1-18(14-5-4-6-27-14)16(23)21(17(24)20-18)10-15(22)19-11-7-12(25-2)9-13(8-11)26-3/h4-9H,10H2,1-3H3,(H,19,22)(H,20,24)/t18-/m1/s1. The predicted octanol–water partition coefficient (Wildman–Crippen LogP) is 1.70. The minimum absolute atomic E-state index is 0.293. The normalized spacial score (nSPS) is 19.0. The van der Waals surface area contributed by atoms with Gasteiger partial charge in [0.25, 0.3) is 5.91 Å². The molecule has 4 amide bonds. The highest BCUT2D eigenvalue weighted by atomic mass is 16.5. The molecule has 1 aliphatic rings. The average molecular weight is 373 g/mol. The number of methoxy groups -OCH3 is 2. The van der Waals surface area contributed by atoms with Crippen LogP contribution < -0.4 is 20.1 Å². The van der Waals surface area contributed by atoms with Crippen molar-refractivity contribution in [2.24, 2.45) is 0 Å². The predicted molar refractivity (Wildman–Crippen MR) is 94.5 cm³/mol. The molecule has 1 aliphatic heterocycles. The molecule has 9 heteroatoms. The Bertz CT molecular complexity index is 857. The van der Waals surface area contributed by atoms with Gasteiger partial charge in [-0.05, 0) is 19.1 Å². The van der Waals surface area contributed by atoms with E-state index in [2.05, 4.69) is 10.6 Å². The molecule has 2 aromatic rings. The molecule has 0 aliphatic carbocycles. The first-order valence-electron chi connectivity index (χ1n) is 8.08. The van der Waals surface area contributed by atoms with Crippen molar-refractivity contribution in [2.45, 2.75) is 12.5 Å². The zero-order chi connectivity index (χ0) is 19.6. The highest BCUT2D eigenvalue weighted by Crippen LogP contribution is 2.29. The molecular weight excluding hydrogens is 354 g/mol. The van der Waals surface area contributed by atoms with Crippen molar-refractivity contribution < 1.29 is 28.3 Å². The second-order valence-electron chi connectivity index (χ2n) is 6.07. The Hall–Kier alpha value is -3.49. The number of furan rings is 1. The van der Waals surface area contributed by atoms with Gasteiger partial charge in [-0.25, -0.2) is 4.79 Å². The quantitative estimate of drug-likeness (QED) is 0.746. The highest BCUT2D eigenvalue weighted by Gasteiger charge is 2.51. The van der Waals surface area contributed by atoms with E-state index >= 15 is 0 Å². The lowest BCUT2D eigenvalue weighted by Gasteiger charge is -2.19. The average Bonchev–Trinajstić information content (AvgIpc) is 3.26. The summed E-state index contributed by atoms with van der Waals surface area (Å²) in [7, 11) is 2.98. The van der Waals surface area contributed by atoms with Crippen molar-refractivity contribution in [3.8, 4) is 11.5 Å². The van der Waals surface area contributed by atoms with E-state index in [4.69, 9.17) is 13.9 Å². The van der Waals surface area contributed by atoms with E-state index in [0.717, 1.165) is 4.90 Å². The van der Waals surface area contributed by atoms with E-state index in [1.54, 1.807) is 30.3 Å². The zero-order valence-electron chi connectivity index (χ0n) is 15.1. The van der Waals surface area contributed by atoms with Crippen molar-refractivity contribution in [1.82, 2.24) is 10.2 Å². The van der Waals surface area contributed by atoms with E-state index < -0.39 is 29.9 Å². The summed E-state index contributed by atoms with van der Waals surface area (Å²) in [6.07, 6.45) is 1.41. The second kappa shape index (κ2) is 7.02. The number of anilines is 1. The van der Waals surface area contributed by atoms with Crippen molar-refractivity contribution in [1.29, 1.82) is 0 Å². The lowest BCUT2D eigenvalue weighted by atomic mass is 9.99. The molecule has 1 aromatic heterocycles. The summed E-state index contributed by atoms with van der Waals surface area (Å²) in [6.45, 7) is 1.08.